The lowest BCUT2D eigenvalue weighted by Gasteiger charge is -2.18. The van der Waals surface area contributed by atoms with E-state index >= 15 is 0 Å². The lowest BCUT2D eigenvalue weighted by Crippen LogP contribution is -2.38. The molecule has 4 heteroatoms. The fourth-order valence-corrected chi connectivity index (χ4v) is 2.18. The topological polar surface area (TPSA) is 38.3 Å². The van der Waals surface area contributed by atoms with Crippen molar-refractivity contribution < 1.29 is 9.53 Å². The minimum Gasteiger partial charge on any atom is -0.468 e. The zero-order valence-electron chi connectivity index (χ0n) is 11.1. The molecular formula is C14H20BrNO2. The van der Waals surface area contributed by atoms with E-state index in [1.54, 1.807) is 0 Å². The van der Waals surface area contributed by atoms with Gasteiger partial charge < -0.3 is 10.1 Å². The Labute approximate surface area is 117 Å². The zero-order valence-corrected chi connectivity index (χ0v) is 12.7. The van der Waals surface area contributed by atoms with Gasteiger partial charge in [-0.3, -0.25) is 4.79 Å². The number of esters is 1. The van der Waals surface area contributed by atoms with Crippen LogP contribution in [0.5, 0.6) is 0 Å². The predicted molar refractivity (Wildman–Crippen MR) is 76.2 cm³/mol. The summed E-state index contributed by atoms with van der Waals surface area (Å²) >= 11 is 3.50. The number of benzene rings is 1. The Kier molecular flexibility index (Phi) is 6.36. The molecule has 0 saturated heterocycles. The number of ether oxygens (including phenoxy) is 1. The fourth-order valence-electron chi connectivity index (χ4n) is 1.75. The van der Waals surface area contributed by atoms with Crippen LogP contribution >= 0.6 is 15.9 Å². The van der Waals surface area contributed by atoms with E-state index < -0.39 is 0 Å². The third kappa shape index (κ3) is 4.78. The largest absolute Gasteiger partial charge is 0.468 e. The molecule has 0 heterocycles. The Morgan fingerprint density at radius 2 is 2.06 bits per heavy atom. The highest BCUT2D eigenvalue weighted by Crippen LogP contribution is 2.16. The van der Waals surface area contributed by atoms with E-state index in [9.17, 15) is 4.79 Å². The van der Waals surface area contributed by atoms with Crippen molar-refractivity contribution in [3.8, 4) is 0 Å². The molecule has 3 nitrogen and oxygen atoms in total. The van der Waals surface area contributed by atoms with E-state index in [1.807, 2.05) is 24.3 Å². The molecule has 0 saturated carbocycles. The second kappa shape index (κ2) is 7.54. The van der Waals surface area contributed by atoms with Crippen molar-refractivity contribution >= 4 is 21.9 Å². The van der Waals surface area contributed by atoms with Gasteiger partial charge >= 0.3 is 5.97 Å². The molecule has 1 rings (SSSR count). The number of hydrogen-bond donors (Lipinski definition) is 1. The van der Waals surface area contributed by atoms with E-state index in [2.05, 4.69) is 35.1 Å². The quantitative estimate of drug-likeness (QED) is 0.820. The zero-order chi connectivity index (χ0) is 13.5. The molecule has 0 fully saturated rings. The highest BCUT2D eigenvalue weighted by Gasteiger charge is 2.19. The lowest BCUT2D eigenvalue weighted by atomic mass is 10.0. The first kappa shape index (κ1) is 15.2. The van der Waals surface area contributed by atoms with Crippen LogP contribution in [0.15, 0.2) is 28.7 Å². The Balaban J connectivity index is 2.62. The lowest BCUT2D eigenvalue weighted by molar-refractivity contribution is -0.143. The molecule has 0 aliphatic carbocycles. The highest BCUT2D eigenvalue weighted by atomic mass is 79.9. The van der Waals surface area contributed by atoms with Gasteiger partial charge in [0.15, 0.2) is 0 Å². The van der Waals surface area contributed by atoms with Gasteiger partial charge in [-0.15, -0.1) is 0 Å². The summed E-state index contributed by atoms with van der Waals surface area (Å²) in [5.74, 6) is 0.247. The van der Waals surface area contributed by atoms with Gasteiger partial charge in [-0.05, 0) is 24.0 Å². The molecule has 0 aromatic heterocycles. The first-order valence-corrected chi connectivity index (χ1v) is 6.88. The fraction of sp³-hybridized carbons (Fsp3) is 0.500. The molecule has 100 valence electrons. The third-order valence-corrected chi connectivity index (χ3v) is 3.46. The number of carbonyl (C=O) groups excluding carboxylic acids is 1. The minimum atomic E-state index is -0.248. The van der Waals surface area contributed by atoms with Crippen molar-refractivity contribution in [1.82, 2.24) is 5.32 Å². The summed E-state index contributed by atoms with van der Waals surface area (Å²) in [7, 11) is 1.43. The summed E-state index contributed by atoms with van der Waals surface area (Å²) in [6, 6.07) is 7.73. The van der Waals surface area contributed by atoms with Gasteiger partial charge in [0.05, 0.1) is 7.11 Å². The van der Waals surface area contributed by atoms with Crippen LogP contribution in [-0.4, -0.2) is 19.1 Å². The van der Waals surface area contributed by atoms with Crippen LogP contribution < -0.4 is 5.32 Å². The SMILES string of the molecule is COC(=O)C(CC(C)C)NCc1ccccc1Br. The van der Waals surface area contributed by atoms with Crippen LogP contribution in [0.1, 0.15) is 25.8 Å². The minimum absolute atomic E-state index is 0.198. The first-order valence-electron chi connectivity index (χ1n) is 6.09. The second-order valence-corrected chi connectivity index (χ2v) is 5.53. The Bertz CT molecular complexity index is 393. The molecule has 1 aromatic rings. The number of methoxy groups -OCH3 is 1. The van der Waals surface area contributed by atoms with Crippen LogP contribution in [0.4, 0.5) is 0 Å². The summed E-state index contributed by atoms with van der Waals surface area (Å²) in [5, 5.41) is 3.25. The number of halogens is 1. The van der Waals surface area contributed by atoms with Gasteiger partial charge in [0, 0.05) is 11.0 Å². The molecular weight excluding hydrogens is 294 g/mol. The molecule has 1 aromatic carbocycles. The summed E-state index contributed by atoms with van der Waals surface area (Å²) in [5.41, 5.74) is 1.13. The Morgan fingerprint density at radius 3 is 2.61 bits per heavy atom. The van der Waals surface area contributed by atoms with Crippen molar-refractivity contribution in [2.45, 2.75) is 32.9 Å². The molecule has 1 atom stereocenters. The van der Waals surface area contributed by atoms with Crippen molar-refractivity contribution in [3.63, 3.8) is 0 Å². The summed E-state index contributed by atoms with van der Waals surface area (Å²) in [6.07, 6.45) is 0.775. The van der Waals surface area contributed by atoms with Crippen LogP contribution in [0.2, 0.25) is 0 Å². The van der Waals surface area contributed by atoms with Crippen molar-refractivity contribution in [1.29, 1.82) is 0 Å². The molecule has 0 aliphatic rings. The number of carbonyl (C=O) groups is 1. The van der Waals surface area contributed by atoms with Crippen molar-refractivity contribution in [2.75, 3.05) is 7.11 Å². The van der Waals surface area contributed by atoms with Gasteiger partial charge in [-0.25, -0.2) is 0 Å². The van der Waals surface area contributed by atoms with E-state index in [-0.39, 0.29) is 12.0 Å². The van der Waals surface area contributed by atoms with Gasteiger partial charge in [-0.1, -0.05) is 48.0 Å². The van der Waals surface area contributed by atoms with Gasteiger partial charge in [0.1, 0.15) is 6.04 Å². The maximum atomic E-state index is 11.7. The van der Waals surface area contributed by atoms with Gasteiger partial charge in [-0.2, -0.15) is 0 Å². The van der Waals surface area contributed by atoms with E-state index in [0.717, 1.165) is 16.5 Å². The van der Waals surface area contributed by atoms with Crippen molar-refractivity contribution in [2.24, 2.45) is 5.92 Å². The molecule has 0 amide bonds. The molecule has 0 bridgehead atoms. The average molecular weight is 314 g/mol. The van der Waals surface area contributed by atoms with Gasteiger partial charge in [0.25, 0.3) is 0 Å². The van der Waals surface area contributed by atoms with Crippen LogP contribution in [0, 0.1) is 5.92 Å². The van der Waals surface area contributed by atoms with Crippen molar-refractivity contribution in [3.05, 3.63) is 34.3 Å². The normalized spacial score (nSPS) is 12.5. The molecule has 0 aliphatic heterocycles. The van der Waals surface area contributed by atoms with Crippen LogP contribution in [0.3, 0.4) is 0 Å². The third-order valence-electron chi connectivity index (χ3n) is 2.69. The molecule has 0 spiro atoms. The smallest absolute Gasteiger partial charge is 0.322 e. The average Bonchev–Trinajstić information content (AvgIpc) is 2.34. The molecule has 1 N–H and O–H groups in total. The highest BCUT2D eigenvalue weighted by molar-refractivity contribution is 9.10. The van der Waals surface area contributed by atoms with Crippen LogP contribution in [-0.2, 0) is 16.1 Å². The molecule has 1 unspecified atom stereocenters. The summed E-state index contributed by atoms with van der Waals surface area (Å²) in [6.45, 7) is 4.83. The number of hydrogen-bond acceptors (Lipinski definition) is 3. The second-order valence-electron chi connectivity index (χ2n) is 4.68. The van der Waals surface area contributed by atoms with E-state index in [0.29, 0.717) is 12.5 Å². The molecule has 0 radical (unpaired) electrons. The number of nitrogens with one attached hydrogen (secondary N) is 1. The summed E-state index contributed by atoms with van der Waals surface area (Å²) < 4.78 is 5.87. The predicted octanol–water partition coefficient (Wildman–Crippen LogP) is 3.13. The first-order chi connectivity index (χ1) is 8.54. The maximum Gasteiger partial charge on any atom is 0.322 e. The van der Waals surface area contributed by atoms with Crippen LogP contribution in [0.25, 0.3) is 0 Å². The summed E-state index contributed by atoms with van der Waals surface area (Å²) in [4.78, 5) is 11.7. The van der Waals surface area contributed by atoms with E-state index in [4.69, 9.17) is 4.74 Å². The Hall–Kier alpha value is -0.870. The van der Waals surface area contributed by atoms with Gasteiger partial charge in [0.2, 0.25) is 0 Å². The Morgan fingerprint density at radius 1 is 1.39 bits per heavy atom. The maximum absolute atomic E-state index is 11.7. The number of rotatable bonds is 6. The standard InChI is InChI=1S/C14H20BrNO2/c1-10(2)8-13(14(17)18-3)16-9-11-6-4-5-7-12(11)15/h4-7,10,13,16H,8-9H2,1-3H3. The monoisotopic (exact) mass is 313 g/mol. The molecule has 18 heavy (non-hydrogen) atoms. The van der Waals surface area contributed by atoms with E-state index in [1.165, 1.54) is 7.11 Å².